The number of carbonyl (C=O) groups excluding carboxylic acids is 1. The Bertz CT molecular complexity index is 1290. The third-order valence-electron chi connectivity index (χ3n) is 7.60. The van der Waals surface area contributed by atoms with Crippen LogP contribution in [0.25, 0.3) is 0 Å². The summed E-state index contributed by atoms with van der Waals surface area (Å²) in [6.45, 7) is 25.1. The molecule has 5 N–H and O–H groups in total. The number of phenols is 2. The summed E-state index contributed by atoms with van der Waals surface area (Å²) >= 11 is 0. The molecule has 0 radical (unpaired) electrons. The minimum absolute atomic E-state index is 0.155. The highest BCUT2D eigenvalue weighted by atomic mass is 31.2. The van der Waals surface area contributed by atoms with Crippen LogP contribution in [0.2, 0.25) is 0 Å². The molecule has 43 heavy (non-hydrogen) atoms. The zero-order chi connectivity index (χ0) is 32.5. The Morgan fingerprint density at radius 3 is 1.51 bits per heavy atom. The molecule has 1 heterocycles. The Kier molecular flexibility index (Phi) is 10.2. The lowest BCUT2D eigenvalue weighted by atomic mass is 9.78. The van der Waals surface area contributed by atoms with Gasteiger partial charge in [-0.2, -0.15) is 5.20 Å². The van der Waals surface area contributed by atoms with Gasteiger partial charge in [0.1, 0.15) is 11.5 Å². The number of aromatic hydroxyl groups is 2. The largest absolute Gasteiger partial charge is 0.507 e. The lowest BCUT2D eigenvalue weighted by Crippen LogP contribution is -2.35. The zero-order valence-electron chi connectivity index (χ0n) is 28.2. The maximum absolute atomic E-state index is 12.7. The molecule has 238 valence electrons. The molecule has 0 spiro atoms. The smallest absolute Gasteiger partial charge is 0.310 e. The first kappa shape index (κ1) is 34.7. The highest BCUT2D eigenvalue weighted by Crippen LogP contribution is 2.41. The van der Waals surface area contributed by atoms with E-state index in [0.29, 0.717) is 36.7 Å². The van der Waals surface area contributed by atoms with Crippen LogP contribution in [0.3, 0.4) is 0 Å². The average molecular weight is 613 g/mol. The van der Waals surface area contributed by atoms with Crippen molar-refractivity contribution in [1.29, 1.82) is 0 Å². The van der Waals surface area contributed by atoms with Gasteiger partial charge in [0, 0.05) is 12.8 Å². The van der Waals surface area contributed by atoms with E-state index < -0.39 is 8.45 Å². The normalized spacial score (nSPS) is 16.0. The van der Waals surface area contributed by atoms with Crippen molar-refractivity contribution >= 4 is 20.3 Å². The number of hydrazone groups is 1. The van der Waals surface area contributed by atoms with E-state index in [0.717, 1.165) is 33.4 Å². The first-order chi connectivity index (χ1) is 19.6. The molecule has 1 unspecified atom stereocenters. The van der Waals surface area contributed by atoms with Crippen molar-refractivity contribution in [2.24, 2.45) is 5.10 Å². The fourth-order valence-corrected chi connectivity index (χ4v) is 5.95. The number of carbonyl (C=O) groups is 1. The number of hydrogen-bond donors (Lipinski definition) is 5. The molecule has 0 aliphatic carbocycles. The summed E-state index contributed by atoms with van der Waals surface area (Å²) < 4.78 is 5.94. The van der Waals surface area contributed by atoms with Crippen molar-refractivity contribution < 1.29 is 19.5 Å². The molecule has 9 heteroatoms. The molecule has 2 aromatic rings. The first-order valence-electron chi connectivity index (χ1n) is 15.2. The van der Waals surface area contributed by atoms with Gasteiger partial charge in [-0.3, -0.25) is 10.2 Å². The molecular weight excluding hydrogens is 559 g/mol. The maximum atomic E-state index is 12.7. The standard InChI is InChI=1S/C34H53N4O4P/c1-31(2,3)23-17-21(18-24(29(23)40)32(4,5)6)13-15-27(39)35-37-43-38-36-28(42-43)16-14-22-19-25(33(7,8)9)30(41)26(20-22)34(10,11)12/h17-20,37-38,40-41H,13-16H2,1-12H3,(H,35,39). The summed E-state index contributed by atoms with van der Waals surface area (Å²) in [6, 6.07) is 8.19. The van der Waals surface area contributed by atoms with Crippen molar-refractivity contribution in [1.82, 2.24) is 15.8 Å². The van der Waals surface area contributed by atoms with E-state index in [-0.39, 0.29) is 34.0 Å². The molecule has 0 bridgehead atoms. The van der Waals surface area contributed by atoms with Crippen molar-refractivity contribution in [3.63, 3.8) is 0 Å². The van der Waals surface area contributed by atoms with E-state index in [1.54, 1.807) is 0 Å². The van der Waals surface area contributed by atoms with Crippen LogP contribution in [0.4, 0.5) is 0 Å². The van der Waals surface area contributed by atoms with Crippen LogP contribution < -0.4 is 15.8 Å². The van der Waals surface area contributed by atoms with E-state index in [9.17, 15) is 15.0 Å². The number of hydrogen-bond acceptors (Lipinski definition) is 7. The highest BCUT2D eigenvalue weighted by molar-refractivity contribution is 7.49. The number of nitrogens with one attached hydrogen (secondary N) is 3. The summed E-state index contributed by atoms with van der Waals surface area (Å²) in [5, 5.41) is 32.2. The minimum Gasteiger partial charge on any atom is -0.507 e. The van der Waals surface area contributed by atoms with Gasteiger partial charge in [-0.1, -0.05) is 107 Å². The van der Waals surface area contributed by atoms with Crippen LogP contribution in [0, 0.1) is 0 Å². The maximum Gasteiger partial charge on any atom is 0.310 e. The Hall–Kier alpha value is -2.83. The summed E-state index contributed by atoms with van der Waals surface area (Å²) in [4.78, 5) is 12.7. The third-order valence-corrected chi connectivity index (χ3v) is 8.59. The van der Waals surface area contributed by atoms with Gasteiger partial charge in [-0.05, 0) is 67.9 Å². The monoisotopic (exact) mass is 612 g/mol. The number of rotatable bonds is 8. The van der Waals surface area contributed by atoms with Gasteiger partial charge < -0.3 is 14.7 Å². The molecule has 1 amide bonds. The number of phenolic OH excluding ortho intramolecular Hbond substituents is 2. The number of benzene rings is 2. The van der Waals surface area contributed by atoms with Crippen LogP contribution in [-0.4, -0.2) is 22.0 Å². The molecule has 1 aliphatic rings. The van der Waals surface area contributed by atoms with Crippen molar-refractivity contribution in [3.8, 4) is 11.5 Å². The molecule has 0 aromatic heterocycles. The highest BCUT2D eigenvalue weighted by Gasteiger charge is 2.28. The predicted octanol–water partition coefficient (Wildman–Crippen LogP) is 7.63. The Balaban J connectivity index is 1.55. The minimum atomic E-state index is -1.37. The summed E-state index contributed by atoms with van der Waals surface area (Å²) in [5.74, 6) is 1.13. The summed E-state index contributed by atoms with van der Waals surface area (Å²) in [5.41, 5.74) is 7.72. The quantitative estimate of drug-likeness (QED) is 0.155. The molecule has 0 saturated heterocycles. The van der Waals surface area contributed by atoms with Crippen molar-refractivity contribution in [3.05, 3.63) is 57.6 Å². The van der Waals surface area contributed by atoms with E-state index >= 15 is 0 Å². The summed E-state index contributed by atoms with van der Waals surface area (Å²) in [6.07, 6.45) is 2.14. The molecular formula is C34H53N4O4P. The van der Waals surface area contributed by atoms with Crippen LogP contribution in [0.5, 0.6) is 11.5 Å². The van der Waals surface area contributed by atoms with E-state index in [2.05, 4.69) is 116 Å². The number of nitrogens with zero attached hydrogens (tertiary/aromatic N) is 1. The second-order valence-corrected chi connectivity index (χ2v) is 16.9. The topological polar surface area (TPSA) is 115 Å². The number of hydrazine groups is 1. The van der Waals surface area contributed by atoms with E-state index in [1.165, 1.54) is 0 Å². The Morgan fingerprint density at radius 2 is 1.12 bits per heavy atom. The van der Waals surface area contributed by atoms with Crippen LogP contribution >= 0.6 is 8.45 Å². The lowest BCUT2D eigenvalue weighted by Gasteiger charge is -2.28. The fourth-order valence-electron chi connectivity index (χ4n) is 5.05. The van der Waals surface area contributed by atoms with Crippen LogP contribution in [0.15, 0.2) is 29.4 Å². The molecule has 1 atom stereocenters. The Labute approximate surface area is 260 Å². The summed E-state index contributed by atoms with van der Waals surface area (Å²) in [7, 11) is -1.37. The van der Waals surface area contributed by atoms with E-state index in [1.807, 2.05) is 12.1 Å². The van der Waals surface area contributed by atoms with Crippen molar-refractivity contribution in [2.45, 2.75) is 130 Å². The molecule has 0 fully saturated rings. The molecule has 3 rings (SSSR count). The average Bonchev–Trinajstić information content (AvgIpc) is 3.31. The second-order valence-electron chi connectivity index (χ2n) is 15.7. The van der Waals surface area contributed by atoms with Gasteiger partial charge in [-0.15, -0.1) is 5.10 Å². The third kappa shape index (κ3) is 9.09. The Morgan fingerprint density at radius 1 is 0.721 bits per heavy atom. The molecule has 1 aliphatic heterocycles. The van der Waals surface area contributed by atoms with Crippen LogP contribution in [-0.2, 0) is 43.8 Å². The predicted molar refractivity (Wildman–Crippen MR) is 178 cm³/mol. The van der Waals surface area contributed by atoms with Gasteiger partial charge in [0.2, 0.25) is 11.8 Å². The lowest BCUT2D eigenvalue weighted by molar-refractivity contribution is -0.121. The first-order valence-corrected chi connectivity index (χ1v) is 16.4. The van der Waals surface area contributed by atoms with Gasteiger partial charge >= 0.3 is 8.45 Å². The molecule has 2 aromatic carbocycles. The van der Waals surface area contributed by atoms with Gasteiger partial charge in [0.15, 0.2) is 0 Å². The van der Waals surface area contributed by atoms with Crippen LogP contribution in [0.1, 0.15) is 129 Å². The zero-order valence-corrected chi connectivity index (χ0v) is 29.1. The fraction of sp³-hybridized carbons (Fsp3) is 0.588. The van der Waals surface area contributed by atoms with E-state index in [4.69, 9.17) is 4.52 Å². The van der Waals surface area contributed by atoms with Crippen molar-refractivity contribution in [2.75, 3.05) is 0 Å². The molecule has 8 nitrogen and oxygen atoms in total. The second kappa shape index (κ2) is 12.6. The SMILES string of the molecule is CC(C)(C)c1cc(CCC(=O)NNP2NN=C(CCc3cc(C(C)(C)C)c(O)c(C(C)(C)C)c3)O2)cc(C(C)(C)C)c1O. The number of aryl methyl sites for hydroxylation is 2. The van der Waals surface area contributed by atoms with Gasteiger partial charge in [0.05, 0.1) is 0 Å². The number of amides is 1. The van der Waals surface area contributed by atoms with Gasteiger partial charge in [-0.25, -0.2) is 5.20 Å². The molecule has 0 saturated carbocycles. The van der Waals surface area contributed by atoms with Gasteiger partial charge in [0.25, 0.3) is 0 Å².